The third-order valence-electron chi connectivity index (χ3n) is 2.92. The predicted molar refractivity (Wildman–Crippen MR) is 83.3 cm³/mol. The zero-order valence-corrected chi connectivity index (χ0v) is 12.9. The topological polar surface area (TPSA) is 17.8 Å². The molecule has 5 heteroatoms. The molecule has 19 heavy (non-hydrogen) atoms. The molecule has 2 aromatic carbocycles. The molecule has 0 saturated carbocycles. The predicted octanol–water partition coefficient (Wildman–Crippen LogP) is 5.18. The third kappa shape index (κ3) is 2.16. The summed E-state index contributed by atoms with van der Waals surface area (Å²) in [7, 11) is 0. The van der Waals surface area contributed by atoms with Crippen LogP contribution in [0.5, 0.6) is 0 Å². The van der Waals surface area contributed by atoms with Gasteiger partial charge in [0.2, 0.25) is 0 Å². The lowest BCUT2D eigenvalue weighted by molar-refractivity contribution is 0.977. The van der Waals surface area contributed by atoms with Gasteiger partial charge in [0, 0.05) is 0 Å². The number of alkyl halides is 1. The summed E-state index contributed by atoms with van der Waals surface area (Å²) >= 11 is 15.7. The molecule has 0 fully saturated rings. The fraction of sp³-hybridized carbons (Fsp3) is 0.0714. The molecule has 3 rings (SSSR count). The van der Waals surface area contributed by atoms with Gasteiger partial charge in [0.1, 0.15) is 5.82 Å². The smallest absolute Gasteiger partial charge is 0.129 e. The van der Waals surface area contributed by atoms with E-state index in [4.69, 9.17) is 23.2 Å². The highest BCUT2D eigenvalue weighted by Crippen LogP contribution is 2.32. The van der Waals surface area contributed by atoms with Gasteiger partial charge in [-0.2, -0.15) is 0 Å². The van der Waals surface area contributed by atoms with Crippen LogP contribution < -0.4 is 0 Å². The molecule has 96 valence electrons. The Morgan fingerprint density at radius 1 is 1.11 bits per heavy atom. The second kappa shape index (κ2) is 5.16. The van der Waals surface area contributed by atoms with Crippen molar-refractivity contribution in [2.24, 2.45) is 0 Å². The second-order valence-electron chi connectivity index (χ2n) is 4.06. The zero-order valence-electron chi connectivity index (χ0n) is 9.78. The van der Waals surface area contributed by atoms with Crippen LogP contribution >= 0.6 is 39.1 Å². The summed E-state index contributed by atoms with van der Waals surface area (Å²) < 4.78 is 2.87. The van der Waals surface area contributed by atoms with Gasteiger partial charge < -0.3 is 0 Å². The van der Waals surface area contributed by atoms with Crippen molar-refractivity contribution in [3.05, 3.63) is 57.8 Å². The lowest BCUT2D eigenvalue weighted by atomic mass is 10.3. The summed E-state index contributed by atoms with van der Waals surface area (Å²) in [5.74, 6) is 1.14. The lowest BCUT2D eigenvalue weighted by Gasteiger charge is -2.10. The molecule has 0 saturated heterocycles. The van der Waals surface area contributed by atoms with E-state index in [2.05, 4.69) is 20.9 Å². The van der Waals surface area contributed by atoms with Gasteiger partial charge >= 0.3 is 0 Å². The number of fused-ring (bicyclic) bond motifs is 1. The van der Waals surface area contributed by atoms with E-state index in [1.807, 2.05) is 47.0 Å². The van der Waals surface area contributed by atoms with E-state index in [0.717, 1.165) is 27.0 Å². The van der Waals surface area contributed by atoms with E-state index in [1.165, 1.54) is 0 Å². The minimum atomic E-state index is 0.341. The molecule has 0 bridgehead atoms. The van der Waals surface area contributed by atoms with Gasteiger partial charge in [0.25, 0.3) is 0 Å². The summed E-state index contributed by atoms with van der Waals surface area (Å²) in [5, 5.41) is 0.663. The van der Waals surface area contributed by atoms with Gasteiger partial charge in [-0.1, -0.05) is 29.8 Å². The largest absolute Gasteiger partial charge is 0.294 e. The van der Waals surface area contributed by atoms with Gasteiger partial charge in [-0.3, -0.25) is 4.57 Å². The minimum Gasteiger partial charge on any atom is -0.294 e. The van der Waals surface area contributed by atoms with Crippen molar-refractivity contribution in [3.63, 3.8) is 0 Å². The first-order chi connectivity index (χ1) is 9.22. The average molecular weight is 356 g/mol. The van der Waals surface area contributed by atoms with Crippen molar-refractivity contribution in [3.8, 4) is 5.69 Å². The van der Waals surface area contributed by atoms with Crippen LogP contribution in [0.1, 0.15) is 5.82 Å². The maximum absolute atomic E-state index is 6.16. The van der Waals surface area contributed by atoms with E-state index in [-0.39, 0.29) is 0 Å². The highest BCUT2D eigenvalue weighted by Gasteiger charge is 2.14. The number of aromatic nitrogens is 2. The molecule has 0 atom stereocenters. The number of halogens is 3. The van der Waals surface area contributed by atoms with Gasteiger partial charge in [0.15, 0.2) is 0 Å². The highest BCUT2D eigenvalue weighted by atomic mass is 79.9. The molecule has 3 aromatic rings. The van der Waals surface area contributed by atoms with Crippen LogP contribution in [0.2, 0.25) is 5.02 Å². The van der Waals surface area contributed by atoms with Crippen LogP contribution in [-0.2, 0) is 5.88 Å². The molecular weight excluding hydrogens is 347 g/mol. The number of hydrogen-bond donors (Lipinski definition) is 0. The molecule has 0 aliphatic rings. The van der Waals surface area contributed by atoms with E-state index < -0.39 is 0 Å². The van der Waals surface area contributed by atoms with Gasteiger partial charge in [-0.15, -0.1) is 11.6 Å². The second-order valence-corrected chi connectivity index (χ2v) is 5.53. The Kier molecular flexibility index (Phi) is 3.52. The molecule has 0 aliphatic heterocycles. The third-order valence-corrected chi connectivity index (χ3v) is 4.54. The lowest BCUT2D eigenvalue weighted by Crippen LogP contribution is -2.00. The van der Waals surface area contributed by atoms with E-state index in [0.29, 0.717) is 10.9 Å². The number of imidazole rings is 1. The first-order valence-electron chi connectivity index (χ1n) is 5.69. The minimum absolute atomic E-state index is 0.341. The van der Waals surface area contributed by atoms with E-state index in [9.17, 15) is 0 Å². The number of rotatable bonds is 2. The molecule has 1 heterocycles. The van der Waals surface area contributed by atoms with Gasteiger partial charge in [-0.25, -0.2) is 4.98 Å². The van der Waals surface area contributed by atoms with Crippen molar-refractivity contribution < 1.29 is 0 Å². The maximum atomic E-state index is 6.16. The Morgan fingerprint density at radius 3 is 2.68 bits per heavy atom. The molecule has 2 nitrogen and oxygen atoms in total. The number of para-hydroxylation sites is 2. The molecule has 0 unspecified atom stereocenters. The Bertz CT molecular complexity index is 752. The fourth-order valence-electron chi connectivity index (χ4n) is 2.10. The maximum Gasteiger partial charge on any atom is 0.129 e. The van der Waals surface area contributed by atoms with Crippen molar-refractivity contribution in [2.45, 2.75) is 5.88 Å². The summed E-state index contributed by atoms with van der Waals surface area (Å²) in [5.41, 5.74) is 2.88. The summed E-state index contributed by atoms with van der Waals surface area (Å²) in [6.07, 6.45) is 0. The molecule has 0 spiro atoms. The van der Waals surface area contributed by atoms with Crippen LogP contribution in [0.15, 0.2) is 46.9 Å². The zero-order chi connectivity index (χ0) is 13.4. The Balaban J connectivity index is 2.38. The molecule has 0 N–H and O–H groups in total. The summed E-state index contributed by atoms with van der Waals surface area (Å²) in [4.78, 5) is 4.55. The Labute approximate surface area is 129 Å². The summed E-state index contributed by atoms with van der Waals surface area (Å²) in [6.45, 7) is 0. The molecule has 1 aromatic heterocycles. The molecule has 0 amide bonds. The first kappa shape index (κ1) is 13.0. The van der Waals surface area contributed by atoms with E-state index in [1.54, 1.807) is 0 Å². The quantitative estimate of drug-likeness (QED) is 0.579. The molecular formula is C14H9BrCl2N2. The van der Waals surface area contributed by atoms with Crippen molar-refractivity contribution in [1.29, 1.82) is 0 Å². The van der Waals surface area contributed by atoms with Gasteiger partial charge in [-0.05, 0) is 40.2 Å². The Hall–Kier alpha value is -1.03. The normalized spacial score (nSPS) is 11.1. The van der Waals surface area contributed by atoms with Crippen molar-refractivity contribution >= 4 is 50.2 Å². The van der Waals surface area contributed by atoms with Crippen molar-refractivity contribution in [2.75, 3.05) is 0 Å². The van der Waals surface area contributed by atoms with Crippen LogP contribution in [-0.4, -0.2) is 9.55 Å². The molecule has 0 aliphatic carbocycles. The van der Waals surface area contributed by atoms with Crippen LogP contribution in [0.3, 0.4) is 0 Å². The standard InChI is InChI=1S/C14H9BrCl2N2/c15-14-9(17)4-3-7-12(14)19-11-6-2-1-5-10(11)18-13(19)8-16/h1-7H,8H2. The van der Waals surface area contributed by atoms with Crippen molar-refractivity contribution in [1.82, 2.24) is 9.55 Å². The summed E-state index contributed by atoms with van der Waals surface area (Å²) in [6, 6.07) is 13.7. The number of hydrogen-bond acceptors (Lipinski definition) is 1. The van der Waals surface area contributed by atoms with Crippen LogP contribution in [0, 0.1) is 0 Å². The van der Waals surface area contributed by atoms with Gasteiger partial charge in [0.05, 0.1) is 32.1 Å². The Morgan fingerprint density at radius 2 is 1.89 bits per heavy atom. The van der Waals surface area contributed by atoms with Crippen LogP contribution in [0.25, 0.3) is 16.7 Å². The average Bonchev–Trinajstić information content (AvgIpc) is 2.80. The van der Waals surface area contributed by atoms with E-state index >= 15 is 0 Å². The highest BCUT2D eigenvalue weighted by molar-refractivity contribution is 9.10. The first-order valence-corrected chi connectivity index (χ1v) is 7.39. The number of nitrogens with zero attached hydrogens (tertiary/aromatic N) is 2. The fourth-order valence-corrected chi connectivity index (χ4v) is 2.89. The molecule has 0 radical (unpaired) electrons. The number of benzene rings is 2. The monoisotopic (exact) mass is 354 g/mol. The van der Waals surface area contributed by atoms with Crippen LogP contribution in [0.4, 0.5) is 0 Å². The SMILES string of the molecule is ClCc1nc2ccccc2n1-c1cccc(Cl)c1Br.